The summed E-state index contributed by atoms with van der Waals surface area (Å²) >= 11 is 2.65. The van der Waals surface area contributed by atoms with E-state index in [1.807, 2.05) is 19.1 Å². The molecule has 1 amide bonds. The Kier molecular flexibility index (Phi) is 9.03. The number of sulfonamides is 1. The van der Waals surface area contributed by atoms with Gasteiger partial charge in [0.05, 0.1) is 19.8 Å². The second-order valence-electron chi connectivity index (χ2n) is 8.63. The highest BCUT2D eigenvalue weighted by molar-refractivity contribution is 8.00. The Labute approximate surface area is 229 Å². The number of nitrogens with zero attached hydrogens (tertiary/aromatic N) is 3. The Morgan fingerprint density at radius 3 is 2.53 bits per heavy atom. The lowest BCUT2D eigenvalue weighted by Crippen LogP contribution is -2.42. The van der Waals surface area contributed by atoms with Crippen molar-refractivity contribution in [2.45, 2.75) is 47.2 Å². The highest BCUT2D eigenvalue weighted by Crippen LogP contribution is 2.33. The van der Waals surface area contributed by atoms with Crippen LogP contribution in [-0.2, 0) is 20.5 Å². The third kappa shape index (κ3) is 6.34. The van der Waals surface area contributed by atoms with Gasteiger partial charge in [-0.2, -0.15) is 4.31 Å². The Bertz CT molecular complexity index is 1410. The highest BCUT2D eigenvalue weighted by Gasteiger charge is 2.33. The number of hydrogen-bond donors (Lipinski definition) is 1. The molecule has 10 nitrogen and oxygen atoms in total. The van der Waals surface area contributed by atoms with E-state index in [2.05, 4.69) is 15.5 Å². The minimum Gasteiger partial charge on any atom is -0.495 e. The maximum atomic E-state index is 13.4. The van der Waals surface area contributed by atoms with Crippen molar-refractivity contribution in [3.05, 3.63) is 59.2 Å². The summed E-state index contributed by atoms with van der Waals surface area (Å²) in [5, 5.41) is 11.1. The van der Waals surface area contributed by atoms with Gasteiger partial charge in [0.25, 0.3) is 5.91 Å². The standard InChI is InChI=1S/C25H28N4O6S3/c1-16-6-4-5-13-29(16)38(32,33)21-14-19(11-12-20(21)34-2)22(30)26-24-27-28-25(37-24)36-15-17-7-9-18(10-8-17)23(31)35-3/h7-12,14,16H,4-6,13,15H2,1-3H3,(H,26,27,30). The third-order valence-electron chi connectivity index (χ3n) is 6.12. The second kappa shape index (κ2) is 12.2. The molecule has 1 aromatic heterocycles. The first-order valence-electron chi connectivity index (χ1n) is 11.9. The Morgan fingerprint density at radius 1 is 1.11 bits per heavy atom. The van der Waals surface area contributed by atoms with E-state index in [1.54, 1.807) is 12.1 Å². The lowest BCUT2D eigenvalue weighted by molar-refractivity contribution is 0.0600. The molecule has 0 saturated carbocycles. The van der Waals surface area contributed by atoms with Crippen LogP contribution < -0.4 is 10.1 Å². The van der Waals surface area contributed by atoms with Gasteiger partial charge in [-0.3, -0.25) is 10.1 Å². The molecule has 0 radical (unpaired) electrons. The number of carbonyl (C=O) groups excluding carboxylic acids is 2. The zero-order valence-electron chi connectivity index (χ0n) is 21.2. The Hall–Kier alpha value is -3.00. The summed E-state index contributed by atoms with van der Waals surface area (Å²) < 4.78 is 39.0. The number of nitrogens with one attached hydrogen (secondary N) is 1. The third-order valence-corrected chi connectivity index (χ3v) is 10.2. The number of esters is 1. The molecular weight excluding hydrogens is 548 g/mol. The van der Waals surface area contributed by atoms with Crippen LogP contribution in [0.5, 0.6) is 5.75 Å². The normalized spacial score (nSPS) is 16.1. The number of anilines is 1. The van der Waals surface area contributed by atoms with E-state index in [0.29, 0.717) is 27.3 Å². The van der Waals surface area contributed by atoms with E-state index in [-0.39, 0.29) is 22.3 Å². The van der Waals surface area contributed by atoms with E-state index >= 15 is 0 Å². The first-order chi connectivity index (χ1) is 18.2. The molecule has 2 aromatic carbocycles. The average Bonchev–Trinajstić information content (AvgIpc) is 3.38. The number of amides is 1. The fourth-order valence-electron chi connectivity index (χ4n) is 4.06. The average molecular weight is 577 g/mol. The number of methoxy groups -OCH3 is 2. The SMILES string of the molecule is COC(=O)c1ccc(CSc2nnc(NC(=O)c3ccc(OC)c(S(=O)(=O)N4CCCCC4C)c3)s2)cc1. The molecule has 1 fully saturated rings. The lowest BCUT2D eigenvalue weighted by atomic mass is 10.1. The van der Waals surface area contributed by atoms with Crippen molar-refractivity contribution in [3.8, 4) is 5.75 Å². The van der Waals surface area contributed by atoms with Crippen LogP contribution in [0.2, 0.25) is 0 Å². The largest absolute Gasteiger partial charge is 0.495 e. The van der Waals surface area contributed by atoms with Gasteiger partial charge in [-0.05, 0) is 55.7 Å². The van der Waals surface area contributed by atoms with E-state index in [0.717, 1.165) is 24.8 Å². The van der Waals surface area contributed by atoms with Crippen molar-refractivity contribution in [3.63, 3.8) is 0 Å². The van der Waals surface area contributed by atoms with Gasteiger partial charge in [0.2, 0.25) is 15.2 Å². The van der Waals surface area contributed by atoms with Crippen molar-refractivity contribution in [2.75, 3.05) is 26.1 Å². The minimum atomic E-state index is -3.85. The summed E-state index contributed by atoms with van der Waals surface area (Å²) in [5.74, 6) is -0.106. The van der Waals surface area contributed by atoms with Crippen molar-refractivity contribution >= 4 is 50.1 Å². The van der Waals surface area contributed by atoms with Crippen LogP contribution >= 0.6 is 23.1 Å². The maximum absolute atomic E-state index is 13.4. The van der Waals surface area contributed by atoms with Crippen LogP contribution in [0.4, 0.5) is 5.13 Å². The van der Waals surface area contributed by atoms with Gasteiger partial charge in [0.15, 0.2) is 4.34 Å². The molecule has 0 aliphatic carbocycles. The quantitative estimate of drug-likeness (QED) is 0.223. The zero-order valence-corrected chi connectivity index (χ0v) is 23.6. The van der Waals surface area contributed by atoms with E-state index in [9.17, 15) is 18.0 Å². The van der Waals surface area contributed by atoms with E-state index < -0.39 is 21.9 Å². The Morgan fingerprint density at radius 2 is 1.84 bits per heavy atom. The van der Waals surface area contributed by atoms with Crippen LogP contribution in [0, 0.1) is 0 Å². The van der Waals surface area contributed by atoms with Crippen molar-refractivity contribution in [1.82, 2.24) is 14.5 Å². The number of hydrogen-bond acceptors (Lipinski definition) is 10. The Balaban J connectivity index is 1.43. The van der Waals surface area contributed by atoms with Crippen molar-refractivity contribution in [1.29, 1.82) is 0 Å². The number of ether oxygens (including phenoxy) is 2. The van der Waals surface area contributed by atoms with Gasteiger partial charge < -0.3 is 9.47 Å². The molecule has 38 heavy (non-hydrogen) atoms. The molecule has 1 saturated heterocycles. The molecule has 1 atom stereocenters. The molecule has 0 bridgehead atoms. The first kappa shape index (κ1) is 28.0. The van der Waals surface area contributed by atoms with Gasteiger partial charge in [-0.1, -0.05) is 41.7 Å². The summed E-state index contributed by atoms with van der Waals surface area (Å²) in [6.45, 7) is 2.33. The minimum absolute atomic E-state index is 0.0341. The molecule has 3 aromatic rings. The van der Waals surface area contributed by atoms with Crippen LogP contribution in [0.25, 0.3) is 0 Å². The first-order valence-corrected chi connectivity index (χ1v) is 15.1. The molecule has 1 aliphatic rings. The zero-order chi connectivity index (χ0) is 27.3. The molecule has 1 aliphatic heterocycles. The van der Waals surface area contributed by atoms with Gasteiger partial charge in [-0.25, -0.2) is 13.2 Å². The van der Waals surface area contributed by atoms with Gasteiger partial charge in [0, 0.05) is 23.9 Å². The number of benzene rings is 2. The van der Waals surface area contributed by atoms with Crippen LogP contribution in [0.15, 0.2) is 51.7 Å². The summed E-state index contributed by atoms with van der Waals surface area (Å²) in [6.07, 6.45) is 2.57. The van der Waals surface area contributed by atoms with E-state index in [4.69, 9.17) is 9.47 Å². The molecular formula is C25H28N4O6S3. The van der Waals surface area contributed by atoms with Gasteiger partial charge >= 0.3 is 5.97 Å². The smallest absolute Gasteiger partial charge is 0.337 e. The van der Waals surface area contributed by atoms with Gasteiger partial charge in [0.1, 0.15) is 10.6 Å². The molecule has 1 N–H and O–H groups in total. The predicted octanol–water partition coefficient (Wildman–Crippen LogP) is 4.44. The fourth-order valence-corrected chi connectivity index (χ4v) is 7.65. The molecule has 13 heteroatoms. The molecule has 0 spiro atoms. The molecule has 1 unspecified atom stereocenters. The summed E-state index contributed by atoms with van der Waals surface area (Å²) in [4.78, 5) is 24.5. The number of rotatable bonds is 9. The van der Waals surface area contributed by atoms with Crippen molar-refractivity contribution < 1.29 is 27.5 Å². The number of carbonyl (C=O) groups is 2. The molecule has 202 valence electrons. The number of piperidine rings is 1. The monoisotopic (exact) mass is 576 g/mol. The van der Waals surface area contributed by atoms with E-state index in [1.165, 1.54) is 59.8 Å². The summed E-state index contributed by atoms with van der Waals surface area (Å²) in [6, 6.07) is 11.3. The van der Waals surface area contributed by atoms with Crippen LogP contribution in [0.3, 0.4) is 0 Å². The number of aromatic nitrogens is 2. The topological polar surface area (TPSA) is 128 Å². The summed E-state index contributed by atoms with van der Waals surface area (Å²) in [5.41, 5.74) is 1.63. The predicted molar refractivity (Wildman–Crippen MR) is 145 cm³/mol. The van der Waals surface area contributed by atoms with Crippen LogP contribution in [-0.4, -0.2) is 61.6 Å². The van der Waals surface area contributed by atoms with Crippen LogP contribution in [0.1, 0.15) is 52.5 Å². The molecule has 4 rings (SSSR count). The fraction of sp³-hybridized carbons (Fsp3) is 0.360. The summed E-state index contributed by atoms with van der Waals surface area (Å²) in [7, 11) is -1.11. The molecule has 2 heterocycles. The maximum Gasteiger partial charge on any atom is 0.337 e. The lowest BCUT2D eigenvalue weighted by Gasteiger charge is -2.32. The van der Waals surface area contributed by atoms with Crippen molar-refractivity contribution in [2.24, 2.45) is 0 Å². The number of thioether (sulfide) groups is 1. The second-order valence-corrected chi connectivity index (χ2v) is 12.7. The highest BCUT2D eigenvalue weighted by atomic mass is 32.2. The van der Waals surface area contributed by atoms with Gasteiger partial charge in [-0.15, -0.1) is 10.2 Å².